The Morgan fingerprint density at radius 3 is 2.44 bits per heavy atom. The number of nitrogens with one attached hydrogen (secondary N) is 1. The maximum Gasteiger partial charge on any atom is 0.0603 e. The van der Waals surface area contributed by atoms with Gasteiger partial charge in [0.1, 0.15) is 0 Å². The van der Waals surface area contributed by atoms with Gasteiger partial charge in [-0.05, 0) is 51.9 Å². The highest BCUT2D eigenvalue weighted by Gasteiger charge is 2.10. The molecule has 0 unspecified atom stereocenters. The molecule has 0 aliphatic heterocycles. The fourth-order valence-corrected chi connectivity index (χ4v) is 1.77. The Labute approximate surface area is 111 Å². The minimum Gasteiger partial charge on any atom is -0.390 e. The first-order valence-electron chi connectivity index (χ1n) is 6.68. The molecule has 0 aromatic heterocycles. The summed E-state index contributed by atoms with van der Waals surface area (Å²) in [6.07, 6.45) is 1.90. The Kier molecular flexibility index (Phi) is 6.16. The summed E-state index contributed by atoms with van der Waals surface area (Å²) in [7, 11) is 2.12. The van der Waals surface area contributed by atoms with E-state index in [1.807, 2.05) is 19.9 Å². The van der Waals surface area contributed by atoms with Crippen LogP contribution in [0, 0.1) is 0 Å². The average molecular weight is 250 g/mol. The summed E-state index contributed by atoms with van der Waals surface area (Å²) in [4.78, 5) is 2.26. The Morgan fingerprint density at radius 1 is 1.17 bits per heavy atom. The summed E-state index contributed by atoms with van der Waals surface area (Å²) in [5.74, 6) is 0. The van der Waals surface area contributed by atoms with Crippen molar-refractivity contribution in [3.8, 4) is 0 Å². The molecule has 1 aromatic carbocycles. The highest BCUT2D eigenvalue weighted by Crippen LogP contribution is 2.10. The third kappa shape index (κ3) is 6.62. The van der Waals surface area contributed by atoms with Crippen molar-refractivity contribution in [2.24, 2.45) is 0 Å². The van der Waals surface area contributed by atoms with Gasteiger partial charge in [0.15, 0.2) is 0 Å². The topological polar surface area (TPSA) is 35.5 Å². The fourth-order valence-electron chi connectivity index (χ4n) is 1.77. The molecule has 0 heterocycles. The third-order valence-corrected chi connectivity index (χ3v) is 2.96. The maximum atomic E-state index is 9.56. The first-order chi connectivity index (χ1) is 8.49. The van der Waals surface area contributed by atoms with Crippen LogP contribution in [0.25, 0.3) is 0 Å². The Hall–Kier alpha value is -1.06. The molecule has 102 valence electrons. The first-order valence-corrected chi connectivity index (χ1v) is 6.68. The zero-order valence-electron chi connectivity index (χ0n) is 11.8. The summed E-state index contributed by atoms with van der Waals surface area (Å²) in [6.45, 7) is 6.60. The molecule has 0 aliphatic rings. The molecule has 1 rings (SSSR count). The second-order valence-corrected chi connectivity index (χ2v) is 5.42. The summed E-state index contributed by atoms with van der Waals surface area (Å²) < 4.78 is 0. The highest BCUT2D eigenvalue weighted by molar-refractivity contribution is 5.44. The van der Waals surface area contributed by atoms with Crippen LogP contribution in [0.1, 0.15) is 26.7 Å². The highest BCUT2D eigenvalue weighted by atomic mass is 16.3. The first kappa shape index (κ1) is 15.0. The van der Waals surface area contributed by atoms with E-state index in [2.05, 4.69) is 41.5 Å². The van der Waals surface area contributed by atoms with Crippen LogP contribution in [0.3, 0.4) is 0 Å². The SMILES string of the molecule is CN(CCCNCCC(C)(C)O)c1ccccc1. The molecule has 18 heavy (non-hydrogen) atoms. The standard InChI is InChI=1S/C15H26N2O/c1-15(2,18)10-12-16-11-7-13-17(3)14-8-5-4-6-9-14/h4-6,8-9,16,18H,7,10-13H2,1-3H3. The minimum atomic E-state index is -0.562. The predicted molar refractivity (Wildman–Crippen MR) is 78.1 cm³/mol. The van der Waals surface area contributed by atoms with Crippen molar-refractivity contribution in [1.82, 2.24) is 5.32 Å². The predicted octanol–water partition coefficient (Wildman–Crippen LogP) is 2.26. The van der Waals surface area contributed by atoms with Crippen LogP contribution < -0.4 is 10.2 Å². The molecule has 3 heteroatoms. The van der Waals surface area contributed by atoms with Gasteiger partial charge in [0.25, 0.3) is 0 Å². The lowest BCUT2D eigenvalue weighted by Gasteiger charge is -2.20. The molecule has 0 spiro atoms. The lowest BCUT2D eigenvalue weighted by Crippen LogP contribution is -2.29. The molecule has 0 aliphatic carbocycles. The summed E-state index contributed by atoms with van der Waals surface area (Å²) in [5.41, 5.74) is 0.697. The summed E-state index contributed by atoms with van der Waals surface area (Å²) in [5, 5.41) is 12.9. The molecule has 0 atom stereocenters. The van der Waals surface area contributed by atoms with Crippen LogP contribution in [0.4, 0.5) is 5.69 Å². The van der Waals surface area contributed by atoms with Gasteiger partial charge in [0.05, 0.1) is 5.60 Å². The monoisotopic (exact) mass is 250 g/mol. The minimum absolute atomic E-state index is 0.562. The van der Waals surface area contributed by atoms with Crippen LogP contribution in [-0.4, -0.2) is 37.4 Å². The van der Waals surface area contributed by atoms with Crippen molar-refractivity contribution in [3.63, 3.8) is 0 Å². The third-order valence-electron chi connectivity index (χ3n) is 2.96. The van der Waals surface area contributed by atoms with Gasteiger partial charge in [-0.1, -0.05) is 18.2 Å². The molecule has 3 nitrogen and oxygen atoms in total. The molecule has 0 fully saturated rings. The largest absolute Gasteiger partial charge is 0.390 e. The maximum absolute atomic E-state index is 9.56. The van der Waals surface area contributed by atoms with E-state index in [-0.39, 0.29) is 0 Å². The smallest absolute Gasteiger partial charge is 0.0603 e. The molecule has 2 N–H and O–H groups in total. The van der Waals surface area contributed by atoms with Gasteiger partial charge in [0, 0.05) is 19.3 Å². The van der Waals surface area contributed by atoms with Gasteiger partial charge in [-0.25, -0.2) is 0 Å². The van der Waals surface area contributed by atoms with Crippen LogP contribution in [-0.2, 0) is 0 Å². The average Bonchev–Trinajstić information content (AvgIpc) is 2.33. The van der Waals surface area contributed by atoms with Crippen molar-refractivity contribution in [2.75, 3.05) is 31.6 Å². The Morgan fingerprint density at radius 2 is 1.83 bits per heavy atom. The van der Waals surface area contributed by atoms with Crippen LogP contribution >= 0.6 is 0 Å². The fraction of sp³-hybridized carbons (Fsp3) is 0.600. The normalized spacial score (nSPS) is 11.6. The van der Waals surface area contributed by atoms with Crippen molar-refractivity contribution >= 4 is 5.69 Å². The van der Waals surface area contributed by atoms with Gasteiger partial charge in [0.2, 0.25) is 0 Å². The van der Waals surface area contributed by atoms with Crippen molar-refractivity contribution < 1.29 is 5.11 Å². The molecular weight excluding hydrogens is 224 g/mol. The van der Waals surface area contributed by atoms with E-state index in [9.17, 15) is 5.11 Å². The quantitative estimate of drug-likeness (QED) is 0.695. The van der Waals surface area contributed by atoms with E-state index in [1.165, 1.54) is 5.69 Å². The van der Waals surface area contributed by atoms with Crippen molar-refractivity contribution in [2.45, 2.75) is 32.3 Å². The van der Waals surface area contributed by atoms with Crippen LogP contribution in [0.5, 0.6) is 0 Å². The number of rotatable bonds is 8. The van der Waals surface area contributed by atoms with Gasteiger partial charge in [-0.15, -0.1) is 0 Å². The Bertz CT molecular complexity index is 319. The van der Waals surface area contributed by atoms with Crippen LogP contribution in [0.2, 0.25) is 0 Å². The van der Waals surface area contributed by atoms with Crippen molar-refractivity contribution in [3.05, 3.63) is 30.3 Å². The number of hydrogen-bond donors (Lipinski definition) is 2. The molecule has 0 radical (unpaired) electrons. The summed E-state index contributed by atoms with van der Waals surface area (Å²) in [6, 6.07) is 10.4. The zero-order valence-corrected chi connectivity index (χ0v) is 11.8. The van der Waals surface area contributed by atoms with Gasteiger partial charge in [-0.3, -0.25) is 0 Å². The molecule has 1 aromatic rings. The van der Waals surface area contributed by atoms with E-state index in [0.29, 0.717) is 0 Å². The lowest BCUT2D eigenvalue weighted by atomic mass is 10.1. The number of nitrogens with zero attached hydrogens (tertiary/aromatic N) is 1. The molecule has 0 amide bonds. The van der Waals surface area contributed by atoms with Gasteiger partial charge >= 0.3 is 0 Å². The van der Waals surface area contributed by atoms with Gasteiger partial charge in [-0.2, -0.15) is 0 Å². The molecule has 0 saturated carbocycles. The number of benzene rings is 1. The van der Waals surface area contributed by atoms with E-state index in [1.54, 1.807) is 0 Å². The number of para-hydroxylation sites is 1. The van der Waals surface area contributed by atoms with E-state index >= 15 is 0 Å². The van der Waals surface area contributed by atoms with Gasteiger partial charge < -0.3 is 15.3 Å². The second kappa shape index (κ2) is 7.39. The zero-order chi connectivity index (χ0) is 13.4. The number of hydrogen-bond acceptors (Lipinski definition) is 3. The van der Waals surface area contributed by atoms with Crippen molar-refractivity contribution in [1.29, 1.82) is 0 Å². The van der Waals surface area contributed by atoms with E-state index in [4.69, 9.17) is 0 Å². The second-order valence-electron chi connectivity index (χ2n) is 5.42. The van der Waals surface area contributed by atoms with E-state index < -0.39 is 5.60 Å². The van der Waals surface area contributed by atoms with E-state index in [0.717, 1.165) is 32.5 Å². The number of aliphatic hydroxyl groups is 1. The Balaban J connectivity index is 2.08. The summed E-state index contributed by atoms with van der Waals surface area (Å²) >= 11 is 0. The van der Waals surface area contributed by atoms with Crippen LogP contribution in [0.15, 0.2) is 30.3 Å². The molecule has 0 bridgehead atoms. The number of anilines is 1. The molecule has 0 saturated heterocycles. The molecular formula is C15H26N2O. The lowest BCUT2D eigenvalue weighted by molar-refractivity contribution is 0.0713.